The van der Waals surface area contributed by atoms with Gasteiger partial charge in [-0.3, -0.25) is 14.4 Å². The highest BCUT2D eigenvalue weighted by atomic mass is 79.9. The van der Waals surface area contributed by atoms with Gasteiger partial charge in [0, 0.05) is 48.5 Å². The van der Waals surface area contributed by atoms with Gasteiger partial charge in [-0.15, -0.1) is 0 Å². The Morgan fingerprint density at radius 3 is 2.88 bits per heavy atom. The minimum absolute atomic E-state index is 0.0525. The summed E-state index contributed by atoms with van der Waals surface area (Å²) >= 11 is 3.39. The lowest BCUT2D eigenvalue weighted by atomic mass is 10.1. The number of nitrogens with one attached hydrogen (secondary N) is 1. The Labute approximate surface area is 159 Å². The second-order valence-corrected chi connectivity index (χ2v) is 7.03. The van der Waals surface area contributed by atoms with Gasteiger partial charge in [0.2, 0.25) is 11.8 Å². The molecule has 3 rings (SSSR count). The van der Waals surface area contributed by atoms with Gasteiger partial charge in [-0.2, -0.15) is 5.10 Å². The highest BCUT2D eigenvalue weighted by Gasteiger charge is 2.34. The van der Waals surface area contributed by atoms with E-state index in [-0.39, 0.29) is 29.7 Å². The van der Waals surface area contributed by atoms with E-state index in [1.165, 1.54) is 10.7 Å². The first-order chi connectivity index (χ1) is 12.5. The van der Waals surface area contributed by atoms with Crippen molar-refractivity contribution in [3.05, 3.63) is 57.4 Å². The number of carbonyl (C=O) groups excluding carboxylic acids is 2. The summed E-state index contributed by atoms with van der Waals surface area (Å²) in [6, 6.07) is 10.5. The zero-order valence-electron chi connectivity index (χ0n) is 14.1. The molecule has 1 saturated heterocycles. The van der Waals surface area contributed by atoms with Crippen molar-refractivity contribution in [2.45, 2.75) is 19.4 Å². The lowest BCUT2D eigenvalue weighted by Crippen LogP contribution is -2.34. The van der Waals surface area contributed by atoms with Crippen molar-refractivity contribution in [2.24, 2.45) is 5.92 Å². The SMILES string of the molecule is O=C(NCCCn1ncccc1=O)C1CC(=O)N(c2cccc(Br)c2)C1. The predicted octanol–water partition coefficient (Wildman–Crippen LogP) is 1.57. The molecule has 1 aliphatic rings. The lowest BCUT2D eigenvalue weighted by molar-refractivity contribution is -0.126. The number of benzene rings is 1. The second kappa shape index (κ2) is 8.27. The van der Waals surface area contributed by atoms with Gasteiger partial charge in [-0.25, -0.2) is 4.68 Å². The zero-order valence-corrected chi connectivity index (χ0v) is 15.7. The third-order valence-corrected chi connectivity index (χ3v) is 4.74. The Hall–Kier alpha value is -2.48. The van der Waals surface area contributed by atoms with Crippen LogP contribution in [-0.4, -0.2) is 34.7 Å². The van der Waals surface area contributed by atoms with Crippen LogP contribution in [0.3, 0.4) is 0 Å². The molecule has 0 spiro atoms. The van der Waals surface area contributed by atoms with Crippen LogP contribution in [0.1, 0.15) is 12.8 Å². The van der Waals surface area contributed by atoms with Crippen LogP contribution in [0.2, 0.25) is 0 Å². The number of aryl methyl sites for hydroxylation is 1. The Morgan fingerprint density at radius 2 is 2.12 bits per heavy atom. The zero-order chi connectivity index (χ0) is 18.5. The number of rotatable bonds is 6. The number of nitrogens with zero attached hydrogens (tertiary/aromatic N) is 3. The third-order valence-electron chi connectivity index (χ3n) is 4.25. The first-order valence-corrected chi connectivity index (χ1v) is 9.19. The van der Waals surface area contributed by atoms with Gasteiger partial charge < -0.3 is 10.2 Å². The van der Waals surface area contributed by atoms with Gasteiger partial charge >= 0.3 is 0 Å². The van der Waals surface area contributed by atoms with Crippen LogP contribution in [-0.2, 0) is 16.1 Å². The number of halogens is 1. The van der Waals surface area contributed by atoms with Gasteiger partial charge in [0.1, 0.15) is 0 Å². The fraction of sp³-hybridized carbons (Fsp3) is 0.333. The van der Waals surface area contributed by atoms with Gasteiger partial charge in [0.25, 0.3) is 5.56 Å². The Balaban J connectivity index is 1.49. The minimum Gasteiger partial charge on any atom is -0.356 e. The number of carbonyl (C=O) groups is 2. The molecular weight excluding hydrogens is 400 g/mol. The fourth-order valence-corrected chi connectivity index (χ4v) is 3.30. The highest BCUT2D eigenvalue weighted by molar-refractivity contribution is 9.10. The largest absolute Gasteiger partial charge is 0.356 e. The molecule has 26 heavy (non-hydrogen) atoms. The Kier molecular flexibility index (Phi) is 5.82. The first kappa shape index (κ1) is 18.3. The smallest absolute Gasteiger partial charge is 0.266 e. The normalized spacial score (nSPS) is 16.7. The van der Waals surface area contributed by atoms with E-state index in [0.717, 1.165) is 10.2 Å². The van der Waals surface area contributed by atoms with Crippen molar-refractivity contribution in [1.29, 1.82) is 0 Å². The monoisotopic (exact) mass is 418 g/mol. The summed E-state index contributed by atoms with van der Waals surface area (Å²) in [7, 11) is 0. The molecule has 7 nitrogen and oxygen atoms in total. The van der Waals surface area contributed by atoms with E-state index in [9.17, 15) is 14.4 Å². The average Bonchev–Trinajstić information content (AvgIpc) is 3.02. The predicted molar refractivity (Wildman–Crippen MR) is 101 cm³/mol. The van der Waals surface area contributed by atoms with Crippen LogP contribution in [0.5, 0.6) is 0 Å². The maximum atomic E-state index is 12.3. The molecular formula is C18H19BrN4O3. The molecule has 1 aromatic heterocycles. The number of hydrogen-bond donors (Lipinski definition) is 1. The molecule has 2 aromatic rings. The molecule has 136 valence electrons. The van der Waals surface area contributed by atoms with E-state index in [4.69, 9.17) is 0 Å². The molecule has 0 bridgehead atoms. The molecule has 2 amide bonds. The summed E-state index contributed by atoms with van der Waals surface area (Å²) in [4.78, 5) is 37.8. The molecule has 8 heteroatoms. The van der Waals surface area contributed by atoms with Crippen molar-refractivity contribution in [3.8, 4) is 0 Å². The average molecular weight is 419 g/mol. The number of aromatic nitrogens is 2. The Morgan fingerprint density at radius 1 is 1.27 bits per heavy atom. The summed E-state index contributed by atoms with van der Waals surface area (Å²) in [5, 5.41) is 6.82. The van der Waals surface area contributed by atoms with Gasteiger partial charge in [0.05, 0.1) is 5.92 Å². The molecule has 1 aliphatic heterocycles. The van der Waals surface area contributed by atoms with Crippen LogP contribution in [0.15, 0.2) is 51.9 Å². The molecule has 0 radical (unpaired) electrons. The number of hydrogen-bond acceptors (Lipinski definition) is 4. The minimum atomic E-state index is -0.362. The summed E-state index contributed by atoms with van der Waals surface area (Å²) in [5.41, 5.74) is 0.624. The molecule has 0 aliphatic carbocycles. The van der Waals surface area contributed by atoms with E-state index in [1.54, 1.807) is 17.2 Å². The number of anilines is 1. The van der Waals surface area contributed by atoms with Gasteiger partial charge in [-0.1, -0.05) is 22.0 Å². The van der Waals surface area contributed by atoms with Gasteiger partial charge in [-0.05, 0) is 30.7 Å². The molecule has 2 heterocycles. The molecule has 1 N–H and O–H groups in total. The van der Waals surface area contributed by atoms with E-state index >= 15 is 0 Å². The number of amides is 2. The van der Waals surface area contributed by atoms with Crippen molar-refractivity contribution >= 4 is 33.4 Å². The topological polar surface area (TPSA) is 84.3 Å². The first-order valence-electron chi connectivity index (χ1n) is 8.40. The van der Waals surface area contributed by atoms with Crippen molar-refractivity contribution in [3.63, 3.8) is 0 Å². The summed E-state index contributed by atoms with van der Waals surface area (Å²) in [6.07, 6.45) is 2.36. The maximum Gasteiger partial charge on any atom is 0.266 e. The maximum absolute atomic E-state index is 12.3. The van der Waals surface area contributed by atoms with Crippen molar-refractivity contribution in [1.82, 2.24) is 15.1 Å². The quantitative estimate of drug-likeness (QED) is 0.721. The third kappa shape index (κ3) is 4.37. The summed E-state index contributed by atoms with van der Waals surface area (Å²) < 4.78 is 2.25. The van der Waals surface area contributed by atoms with E-state index in [2.05, 4.69) is 26.3 Å². The lowest BCUT2D eigenvalue weighted by Gasteiger charge is -2.17. The van der Waals surface area contributed by atoms with E-state index < -0.39 is 0 Å². The van der Waals surface area contributed by atoms with Crippen molar-refractivity contribution < 1.29 is 9.59 Å². The standard InChI is InChI=1S/C18H19BrN4O3/c19-14-4-1-5-15(11-14)22-12-13(10-17(22)25)18(26)20-7-3-9-23-16(24)6-2-8-21-23/h1-2,4-6,8,11,13H,3,7,9-10,12H2,(H,20,26). The molecule has 1 unspecified atom stereocenters. The van der Waals surface area contributed by atoms with Gasteiger partial charge in [0.15, 0.2) is 0 Å². The summed E-state index contributed by atoms with van der Waals surface area (Å²) in [6.45, 7) is 1.25. The van der Waals surface area contributed by atoms with Crippen LogP contribution in [0, 0.1) is 5.92 Å². The molecule has 1 atom stereocenters. The van der Waals surface area contributed by atoms with Crippen LogP contribution in [0.4, 0.5) is 5.69 Å². The van der Waals surface area contributed by atoms with E-state index in [0.29, 0.717) is 26.1 Å². The second-order valence-electron chi connectivity index (χ2n) is 6.11. The highest BCUT2D eigenvalue weighted by Crippen LogP contribution is 2.27. The molecule has 1 aromatic carbocycles. The molecule has 1 fully saturated rings. The summed E-state index contributed by atoms with van der Waals surface area (Å²) in [5.74, 6) is -0.549. The fourth-order valence-electron chi connectivity index (χ4n) is 2.92. The van der Waals surface area contributed by atoms with E-state index in [1.807, 2.05) is 24.3 Å². The molecule has 0 saturated carbocycles. The van der Waals surface area contributed by atoms with Crippen LogP contribution in [0.25, 0.3) is 0 Å². The van der Waals surface area contributed by atoms with Crippen molar-refractivity contribution in [2.75, 3.05) is 18.0 Å². The van der Waals surface area contributed by atoms with Crippen LogP contribution < -0.4 is 15.8 Å². The van der Waals surface area contributed by atoms with Crippen LogP contribution >= 0.6 is 15.9 Å². The Bertz CT molecular complexity index is 867.